The lowest BCUT2D eigenvalue weighted by Crippen LogP contribution is -2.47. The number of pyridine rings is 1. The fourth-order valence-electron chi connectivity index (χ4n) is 3.35. The molecule has 0 saturated carbocycles. The van der Waals surface area contributed by atoms with Gasteiger partial charge in [-0.15, -0.1) is 0 Å². The predicted molar refractivity (Wildman–Crippen MR) is 98.5 cm³/mol. The number of aliphatic hydroxyl groups is 1. The van der Waals surface area contributed by atoms with E-state index in [1.807, 2.05) is 18.2 Å². The van der Waals surface area contributed by atoms with E-state index in [2.05, 4.69) is 24.7 Å². The summed E-state index contributed by atoms with van der Waals surface area (Å²) in [4.78, 5) is 20.0. The number of hydrogen-bond donors (Lipinski definition) is 1. The number of hydrogen-bond acceptors (Lipinski definition) is 7. The van der Waals surface area contributed by atoms with Crippen molar-refractivity contribution < 1.29 is 5.11 Å². The average Bonchev–Trinajstić information content (AvgIpc) is 3.09. The summed E-state index contributed by atoms with van der Waals surface area (Å²) in [6.07, 6.45) is 4.10. The molecule has 2 aliphatic heterocycles. The van der Waals surface area contributed by atoms with E-state index in [0.29, 0.717) is 11.6 Å². The van der Waals surface area contributed by atoms with E-state index in [0.717, 1.165) is 56.7 Å². The third kappa shape index (κ3) is 3.48. The summed E-state index contributed by atoms with van der Waals surface area (Å²) in [6.45, 7) is 4.77. The highest BCUT2D eigenvalue weighted by molar-refractivity contribution is 6.32. The van der Waals surface area contributed by atoms with E-state index >= 15 is 0 Å². The molecule has 0 aromatic carbocycles. The van der Waals surface area contributed by atoms with Crippen LogP contribution >= 0.6 is 11.6 Å². The molecule has 4 heterocycles. The zero-order valence-corrected chi connectivity index (χ0v) is 14.7. The second-order valence-electron chi connectivity index (χ2n) is 6.39. The number of aromatic nitrogens is 3. The van der Waals surface area contributed by atoms with Crippen molar-refractivity contribution in [2.24, 2.45) is 0 Å². The molecule has 2 aromatic rings. The molecule has 2 aromatic heterocycles. The lowest BCUT2D eigenvalue weighted by Gasteiger charge is -2.35. The van der Waals surface area contributed by atoms with E-state index in [9.17, 15) is 5.11 Å². The lowest BCUT2D eigenvalue weighted by atomic mass is 10.3. The highest BCUT2D eigenvalue weighted by Gasteiger charge is 2.24. The van der Waals surface area contributed by atoms with Gasteiger partial charge < -0.3 is 19.8 Å². The minimum atomic E-state index is -0.259. The largest absolute Gasteiger partial charge is 0.391 e. The number of rotatable bonds is 3. The molecule has 0 radical (unpaired) electrons. The predicted octanol–water partition coefficient (Wildman–Crippen LogP) is 1.42. The number of nitrogens with zero attached hydrogens (tertiary/aromatic N) is 6. The van der Waals surface area contributed by atoms with Crippen molar-refractivity contribution in [3.05, 3.63) is 35.6 Å². The summed E-state index contributed by atoms with van der Waals surface area (Å²) in [5, 5.41) is 10.4. The first kappa shape index (κ1) is 16.4. The molecule has 0 spiro atoms. The van der Waals surface area contributed by atoms with E-state index in [1.54, 1.807) is 12.4 Å². The SMILES string of the molecule is OC1CCN(c2ccnc(N3CCN(c4ncccc4Cl)CC3)n2)C1. The Morgan fingerprint density at radius 3 is 2.48 bits per heavy atom. The molecule has 2 fully saturated rings. The summed E-state index contributed by atoms with van der Waals surface area (Å²) in [5.74, 6) is 2.46. The van der Waals surface area contributed by atoms with Crippen molar-refractivity contribution in [2.75, 3.05) is 54.0 Å². The van der Waals surface area contributed by atoms with E-state index < -0.39 is 0 Å². The van der Waals surface area contributed by atoms with E-state index in [1.165, 1.54) is 0 Å². The summed E-state index contributed by atoms with van der Waals surface area (Å²) >= 11 is 6.25. The van der Waals surface area contributed by atoms with Crippen LogP contribution in [0, 0.1) is 0 Å². The highest BCUT2D eigenvalue weighted by atomic mass is 35.5. The van der Waals surface area contributed by atoms with Crippen LogP contribution in [-0.2, 0) is 0 Å². The summed E-state index contributed by atoms with van der Waals surface area (Å²) in [7, 11) is 0. The Bertz CT molecular complexity index is 737. The van der Waals surface area contributed by atoms with Gasteiger partial charge in [-0.1, -0.05) is 11.6 Å². The number of halogens is 1. The normalized spacial score (nSPS) is 21.0. The Kier molecular flexibility index (Phi) is 4.59. The Balaban J connectivity index is 1.43. The molecular formula is C17H21ClN6O. The molecule has 0 amide bonds. The minimum absolute atomic E-state index is 0.259. The third-order valence-corrected chi connectivity index (χ3v) is 5.01. The first-order chi connectivity index (χ1) is 12.2. The van der Waals surface area contributed by atoms with E-state index in [4.69, 9.17) is 16.6 Å². The molecule has 7 nitrogen and oxygen atoms in total. The van der Waals surface area contributed by atoms with Crippen LogP contribution in [0.5, 0.6) is 0 Å². The van der Waals surface area contributed by atoms with Crippen LogP contribution in [0.25, 0.3) is 0 Å². The average molecular weight is 361 g/mol. The van der Waals surface area contributed by atoms with Crippen molar-refractivity contribution in [1.82, 2.24) is 15.0 Å². The Morgan fingerprint density at radius 2 is 1.76 bits per heavy atom. The summed E-state index contributed by atoms with van der Waals surface area (Å²) < 4.78 is 0. The standard InChI is InChI=1S/C17H21ClN6O/c18-14-2-1-5-19-16(14)22-8-10-23(11-9-22)17-20-6-3-15(21-17)24-7-4-13(25)12-24/h1-3,5-6,13,25H,4,7-12H2. The third-order valence-electron chi connectivity index (χ3n) is 4.72. The van der Waals surface area contributed by atoms with Gasteiger partial charge >= 0.3 is 0 Å². The lowest BCUT2D eigenvalue weighted by molar-refractivity contribution is 0.198. The highest BCUT2D eigenvalue weighted by Crippen LogP contribution is 2.25. The van der Waals surface area contributed by atoms with Crippen molar-refractivity contribution in [2.45, 2.75) is 12.5 Å². The Labute approximate surface area is 151 Å². The fraction of sp³-hybridized carbons (Fsp3) is 0.471. The molecule has 132 valence electrons. The van der Waals surface area contributed by atoms with Gasteiger partial charge in [0.15, 0.2) is 0 Å². The second-order valence-corrected chi connectivity index (χ2v) is 6.79. The zero-order valence-electron chi connectivity index (χ0n) is 13.9. The van der Waals surface area contributed by atoms with Gasteiger partial charge in [0.2, 0.25) is 5.95 Å². The summed E-state index contributed by atoms with van der Waals surface area (Å²) in [5.41, 5.74) is 0. The van der Waals surface area contributed by atoms with Gasteiger partial charge in [0.1, 0.15) is 11.6 Å². The molecular weight excluding hydrogens is 340 g/mol. The van der Waals surface area contributed by atoms with Gasteiger partial charge in [-0.3, -0.25) is 0 Å². The molecule has 2 aliphatic rings. The monoisotopic (exact) mass is 360 g/mol. The topological polar surface area (TPSA) is 68.6 Å². The molecule has 1 unspecified atom stereocenters. The van der Waals surface area contributed by atoms with Crippen LogP contribution in [0.2, 0.25) is 5.02 Å². The quantitative estimate of drug-likeness (QED) is 0.887. The van der Waals surface area contributed by atoms with Gasteiger partial charge in [0.05, 0.1) is 11.1 Å². The first-order valence-electron chi connectivity index (χ1n) is 8.57. The zero-order chi connectivity index (χ0) is 17.2. The molecule has 1 atom stereocenters. The van der Waals surface area contributed by atoms with Crippen LogP contribution in [0.1, 0.15) is 6.42 Å². The number of aliphatic hydroxyl groups excluding tert-OH is 1. The van der Waals surface area contributed by atoms with Crippen molar-refractivity contribution >= 4 is 29.2 Å². The van der Waals surface area contributed by atoms with Crippen LogP contribution in [0.4, 0.5) is 17.6 Å². The Morgan fingerprint density at radius 1 is 0.960 bits per heavy atom. The number of piperazine rings is 1. The molecule has 1 N–H and O–H groups in total. The van der Waals surface area contributed by atoms with Gasteiger partial charge in [-0.05, 0) is 24.6 Å². The number of β-amino-alcohol motifs (C(OH)–C–C–N with tert-alkyl or cyclic N) is 1. The van der Waals surface area contributed by atoms with Crippen molar-refractivity contribution in [1.29, 1.82) is 0 Å². The minimum Gasteiger partial charge on any atom is -0.391 e. The molecule has 8 heteroatoms. The first-order valence-corrected chi connectivity index (χ1v) is 8.95. The molecule has 2 saturated heterocycles. The molecule has 0 bridgehead atoms. The van der Waals surface area contributed by atoms with Crippen molar-refractivity contribution in [3.8, 4) is 0 Å². The van der Waals surface area contributed by atoms with Crippen LogP contribution in [0.3, 0.4) is 0 Å². The van der Waals surface area contributed by atoms with Crippen LogP contribution < -0.4 is 14.7 Å². The van der Waals surface area contributed by atoms with Gasteiger partial charge in [-0.25, -0.2) is 9.97 Å². The molecule has 0 aliphatic carbocycles. The molecule has 25 heavy (non-hydrogen) atoms. The smallest absolute Gasteiger partial charge is 0.227 e. The van der Waals surface area contributed by atoms with Gasteiger partial charge in [0, 0.05) is 51.7 Å². The maximum absolute atomic E-state index is 9.72. The maximum Gasteiger partial charge on any atom is 0.227 e. The second kappa shape index (κ2) is 7.01. The van der Waals surface area contributed by atoms with Crippen LogP contribution in [0.15, 0.2) is 30.6 Å². The fourth-order valence-corrected chi connectivity index (χ4v) is 3.59. The summed E-state index contributed by atoms with van der Waals surface area (Å²) in [6, 6.07) is 5.62. The Hall–Kier alpha value is -2.12. The maximum atomic E-state index is 9.72. The van der Waals surface area contributed by atoms with Crippen molar-refractivity contribution in [3.63, 3.8) is 0 Å². The molecule has 4 rings (SSSR count). The van der Waals surface area contributed by atoms with Crippen LogP contribution in [-0.4, -0.2) is 65.4 Å². The van der Waals surface area contributed by atoms with Gasteiger partial charge in [0.25, 0.3) is 0 Å². The van der Waals surface area contributed by atoms with Gasteiger partial charge in [-0.2, -0.15) is 4.98 Å². The van der Waals surface area contributed by atoms with E-state index in [-0.39, 0.29) is 6.10 Å². The number of anilines is 3.